The fourth-order valence-corrected chi connectivity index (χ4v) is 1.50. The first-order valence-electron chi connectivity index (χ1n) is 6.00. The molecule has 0 N–H and O–H groups in total. The van der Waals surface area contributed by atoms with E-state index in [0.29, 0.717) is 12.6 Å². The van der Waals surface area contributed by atoms with E-state index >= 15 is 0 Å². The first kappa shape index (κ1) is 14.7. The van der Waals surface area contributed by atoms with Crippen molar-refractivity contribution in [1.82, 2.24) is 15.0 Å². The Morgan fingerprint density at radius 1 is 1.28 bits per heavy atom. The van der Waals surface area contributed by atoms with Crippen molar-refractivity contribution in [1.29, 1.82) is 0 Å². The van der Waals surface area contributed by atoms with E-state index in [-0.39, 0.29) is 11.3 Å². The van der Waals surface area contributed by atoms with Crippen molar-refractivity contribution in [2.24, 2.45) is 0 Å². The molecule has 0 fully saturated rings. The third kappa shape index (κ3) is 4.49. The van der Waals surface area contributed by atoms with Crippen molar-refractivity contribution >= 4 is 17.5 Å². The minimum Gasteiger partial charge on any atom is -0.463 e. The molecule has 18 heavy (non-hydrogen) atoms. The van der Waals surface area contributed by atoms with Crippen LogP contribution in [0.1, 0.15) is 27.2 Å². The van der Waals surface area contributed by atoms with Crippen LogP contribution in [-0.4, -0.2) is 34.6 Å². The summed E-state index contributed by atoms with van der Waals surface area (Å²) < 4.78 is 5.44. The van der Waals surface area contributed by atoms with Crippen LogP contribution < -0.4 is 9.64 Å². The van der Waals surface area contributed by atoms with Gasteiger partial charge < -0.3 is 9.64 Å². The summed E-state index contributed by atoms with van der Waals surface area (Å²) in [5, 5.41) is 0.150. The van der Waals surface area contributed by atoms with Crippen LogP contribution in [0.15, 0.2) is 12.2 Å². The van der Waals surface area contributed by atoms with Gasteiger partial charge in [-0.3, -0.25) is 0 Å². The van der Waals surface area contributed by atoms with Crippen LogP contribution in [0.5, 0.6) is 6.01 Å². The van der Waals surface area contributed by atoms with Crippen molar-refractivity contribution in [3.63, 3.8) is 0 Å². The highest BCUT2D eigenvalue weighted by Gasteiger charge is 2.10. The van der Waals surface area contributed by atoms with Gasteiger partial charge >= 0.3 is 6.01 Å². The van der Waals surface area contributed by atoms with Gasteiger partial charge in [-0.25, -0.2) is 0 Å². The highest BCUT2D eigenvalue weighted by molar-refractivity contribution is 6.28. The Bertz CT molecular complexity index is 407. The van der Waals surface area contributed by atoms with Crippen LogP contribution in [0.4, 0.5) is 5.95 Å². The summed E-state index contributed by atoms with van der Waals surface area (Å²) in [5.74, 6) is 0.547. The van der Waals surface area contributed by atoms with Crippen LogP contribution in [-0.2, 0) is 0 Å². The average molecular weight is 271 g/mol. The minimum absolute atomic E-state index is 0.150. The molecule has 1 aromatic heterocycles. The van der Waals surface area contributed by atoms with Gasteiger partial charge in [-0.15, -0.1) is 6.58 Å². The molecule has 0 saturated heterocycles. The number of anilines is 1. The van der Waals surface area contributed by atoms with Crippen LogP contribution in [0.3, 0.4) is 0 Å². The molecule has 1 rings (SSSR count). The van der Waals surface area contributed by atoms with E-state index in [1.165, 1.54) is 0 Å². The molecule has 1 heterocycles. The predicted molar refractivity (Wildman–Crippen MR) is 73.3 cm³/mol. The number of rotatable bonds is 7. The molecule has 0 amide bonds. The van der Waals surface area contributed by atoms with Gasteiger partial charge in [0.25, 0.3) is 0 Å². The normalized spacial score (nSPS) is 10.2. The summed E-state index contributed by atoms with van der Waals surface area (Å²) in [6.07, 6.45) is 0.768. The summed E-state index contributed by atoms with van der Waals surface area (Å²) in [5.41, 5.74) is 1.05. The maximum atomic E-state index is 5.86. The summed E-state index contributed by atoms with van der Waals surface area (Å²) in [6, 6.07) is 0.262. The van der Waals surface area contributed by atoms with Gasteiger partial charge in [-0.05, 0) is 32.4 Å². The molecule has 0 aliphatic rings. The Labute approximate surface area is 113 Å². The highest BCUT2D eigenvalue weighted by Crippen LogP contribution is 2.15. The Balaban J connectivity index is 2.77. The predicted octanol–water partition coefficient (Wildman–Crippen LogP) is 2.72. The second-order valence-corrected chi connectivity index (χ2v) is 4.25. The fraction of sp³-hybridized carbons (Fsp3) is 0.583. The lowest BCUT2D eigenvalue weighted by molar-refractivity contribution is 0.295. The van der Waals surface area contributed by atoms with E-state index in [1.807, 2.05) is 25.7 Å². The molecule has 0 aliphatic carbocycles. The quantitative estimate of drug-likeness (QED) is 0.713. The van der Waals surface area contributed by atoms with E-state index in [2.05, 4.69) is 21.5 Å². The molecule has 100 valence electrons. The summed E-state index contributed by atoms with van der Waals surface area (Å²) in [7, 11) is 0. The van der Waals surface area contributed by atoms with Crippen molar-refractivity contribution in [2.75, 3.05) is 24.6 Å². The molecule has 0 spiro atoms. The average Bonchev–Trinajstić information content (AvgIpc) is 2.29. The molecule has 1 aromatic rings. The number of hydrogen-bond donors (Lipinski definition) is 0. The SMILES string of the molecule is C=C(C)CCOc1nc(Cl)nc(N(CC)CC)n1. The zero-order valence-corrected chi connectivity index (χ0v) is 11.9. The van der Waals surface area contributed by atoms with E-state index in [0.717, 1.165) is 25.1 Å². The second-order valence-electron chi connectivity index (χ2n) is 3.91. The van der Waals surface area contributed by atoms with Crippen LogP contribution in [0.2, 0.25) is 5.28 Å². The smallest absolute Gasteiger partial charge is 0.322 e. The van der Waals surface area contributed by atoms with E-state index in [1.54, 1.807) is 0 Å². The maximum absolute atomic E-state index is 5.86. The van der Waals surface area contributed by atoms with E-state index in [9.17, 15) is 0 Å². The van der Waals surface area contributed by atoms with Crippen molar-refractivity contribution < 1.29 is 4.74 Å². The molecule has 0 atom stereocenters. The topological polar surface area (TPSA) is 51.1 Å². The molecular weight excluding hydrogens is 252 g/mol. The number of halogens is 1. The van der Waals surface area contributed by atoms with E-state index in [4.69, 9.17) is 16.3 Å². The lowest BCUT2D eigenvalue weighted by Gasteiger charge is -2.18. The van der Waals surface area contributed by atoms with Crippen molar-refractivity contribution in [3.05, 3.63) is 17.4 Å². The molecule has 6 heteroatoms. The first-order valence-corrected chi connectivity index (χ1v) is 6.38. The molecule has 0 radical (unpaired) electrons. The summed E-state index contributed by atoms with van der Waals surface area (Å²) >= 11 is 5.86. The van der Waals surface area contributed by atoms with Gasteiger partial charge in [0.05, 0.1) is 6.61 Å². The fourth-order valence-electron chi connectivity index (χ4n) is 1.35. The van der Waals surface area contributed by atoms with Crippen molar-refractivity contribution in [3.8, 4) is 6.01 Å². The maximum Gasteiger partial charge on any atom is 0.322 e. The largest absolute Gasteiger partial charge is 0.463 e. The van der Waals surface area contributed by atoms with Gasteiger partial charge in [0.1, 0.15) is 0 Å². The summed E-state index contributed by atoms with van der Waals surface area (Å²) in [4.78, 5) is 14.3. The highest BCUT2D eigenvalue weighted by atomic mass is 35.5. The van der Waals surface area contributed by atoms with E-state index < -0.39 is 0 Å². The minimum atomic E-state index is 0.150. The lowest BCUT2D eigenvalue weighted by atomic mass is 10.3. The van der Waals surface area contributed by atoms with Gasteiger partial charge in [-0.1, -0.05) is 5.57 Å². The molecule has 5 nitrogen and oxygen atoms in total. The number of aromatic nitrogens is 3. The molecule has 0 aromatic carbocycles. The summed E-state index contributed by atoms with van der Waals surface area (Å²) in [6.45, 7) is 11.9. The Morgan fingerprint density at radius 3 is 2.50 bits per heavy atom. The van der Waals surface area contributed by atoms with Crippen molar-refractivity contribution in [2.45, 2.75) is 27.2 Å². The van der Waals surface area contributed by atoms with Crippen LogP contribution in [0, 0.1) is 0 Å². The van der Waals surface area contributed by atoms with Gasteiger partial charge in [0.2, 0.25) is 11.2 Å². The number of hydrogen-bond acceptors (Lipinski definition) is 5. The molecule has 0 saturated carbocycles. The van der Waals surface area contributed by atoms with Crippen LogP contribution in [0.25, 0.3) is 0 Å². The van der Waals surface area contributed by atoms with Crippen LogP contribution >= 0.6 is 11.6 Å². The Hall–Kier alpha value is -1.36. The first-order chi connectivity index (χ1) is 8.56. The molecule has 0 unspecified atom stereocenters. The third-order valence-corrected chi connectivity index (χ3v) is 2.55. The van der Waals surface area contributed by atoms with Gasteiger partial charge in [-0.2, -0.15) is 15.0 Å². The monoisotopic (exact) mass is 270 g/mol. The van der Waals surface area contributed by atoms with Gasteiger partial charge in [0, 0.05) is 19.5 Å². The number of nitrogens with zero attached hydrogens (tertiary/aromatic N) is 4. The van der Waals surface area contributed by atoms with Gasteiger partial charge in [0.15, 0.2) is 0 Å². The molecule has 0 bridgehead atoms. The Morgan fingerprint density at radius 2 is 1.94 bits per heavy atom. The Kier molecular flexibility index (Phi) is 5.85. The standard InChI is InChI=1S/C12H19ClN4O/c1-5-17(6-2)11-14-10(13)15-12(16-11)18-8-7-9(3)4/h3,5-8H2,1-2,4H3. The zero-order chi connectivity index (χ0) is 13.5. The lowest BCUT2D eigenvalue weighted by Crippen LogP contribution is -2.24. The molecule has 0 aliphatic heterocycles. The second kappa shape index (κ2) is 7.16. The molecular formula is C12H19ClN4O. The number of ether oxygens (including phenoxy) is 1. The zero-order valence-electron chi connectivity index (χ0n) is 11.1. The third-order valence-electron chi connectivity index (χ3n) is 2.38.